The Balaban J connectivity index is 2.00. The van der Waals surface area contributed by atoms with E-state index in [2.05, 4.69) is 36.8 Å². The first-order valence-corrected chi connectivity index (χ1v) is 5.28. The zero-order valence-electron chi connectivity index (χ0n) is 7.87. The van der Waals surface area contributed by atoms with Crippen molar-refractivity contribution in [3.8, 4) is 0 Å². The molecule has 0 spiro atoms. The fourth-order valence-corrected chi connectivity index (χ4v) is 3.12. The third-order valence-electron chi connectivity index (χ3n) is 3.87. The molecule has 0 heterocycles. The fraction of sp³-hybridized carbons (Fsp3) is 0.462. The van der Waals surface area contributed by atoms with Gasteiger partial charge in [0, 0.05) is 0 Å². The number of fused-ring (bicyclic) bond motifs is 2. The van der Waals surface area contributed by atoms with E-state index >= 15 is 0 Å². The lowest BCUT2D eigenvalue weighted by atomic mass is 9.78. The van der Waals surface area contributed by atoms with Gasteiger partial charge < -0.3 is 0 Å². The van der Waals surface area contributed by atoms with E-state index in [1.54, 1.807) is 5.56 Å². The second-order valence-corrected chi connectivity index (χ2v) is 4.59. The monoisotopic (exact) mass is 171 g/mol. The Bertz CT molecular complexity index is 291. The average molecular weight is 171 g/mol. The van der Waals surface area contributed by atoms with Crippen LogP contribution in [0.5, 0.6) is 0 Å². The molecule has 13 heavy (non-hydrogen) atoms. The SMILES string of the molecule is [CH]1CC2(c3ccccc3)CCC1C2. The molecule has 0 saturated heterocycles. The molecule has 2 atom stereocenters. The molecule has 1 aromatic rings. The Hall–Kier alpha value is -0.780. The maximum absolute atomic E-state index is 2.54. The van der Waals surface area contributed by atoms with E-state index in [0.29, 0.717) is 5.41 Å². The minimum Gasteiger partial charge on any atom is -0.0622 e. The third-order valence-corrected chi connectivity index (χ3v) is 3.87. The van der Waals surface area contributed by atoms with E-state index in [4.69, 9.17) is 0 Å². The van der Waals surface area contributed by atoms with Crippen LogP contribution in [0.2, 0.25) is 0 Å². The van der Waals surface area contributed by atoms with Crippen LogP contribution in [0.25, 0.3) is 0 Å². The Morgan fingerprint density at radius 1 is 1.15 bits per heavy atom. The Morgan fingerprint density at radius 2 is 2.00 bits per heavy atom. The van der Waals surface area contributed by atoms with E-state index in [0.717, 1.165) is 5.92 Å². The van der Waals surface area contributed by atoms with Crippen LogP contribution < -0.4 is 0 Å². The molecule has 67 valence electrons. The van der Waals surface area contributed by atoms with Crippen LogP contribution in [0.15, 0.2) is 30.3 Å². The zero-order valence-corrected chi connectivity index (χ0v) is 7.87. The predicted molar refractivity (Wildman–Crippen MR) is 54.4 cm³/mol. The molecule has 2 unspecified atom stereocenters. The van der Waals surface area contributed by atoms with Crippen LogP contribution in [-0.4, -0.2) is 0 Å². The highest BCUT2D eigenvalue weighted by atomic mass is 14.5. The predicted octanol–water partition coefficient (Wildman–Crippen LogP) is 3.33. The number of rotatable bonds is 1. The van der Waals surface area contributed by atoms with Gasteiger partial charge in [-0.2, -0.15) is 0 Å². The van der Waals surface area contributed by atoms with Crippen LogP contribution in [-0.2, 0) is 5.41 Å². The molecule has 0 aliphatic heterocycles. The van der Waals surface area contributed by atoms with Crippen LogP contribution in [0.4, 0.5) is 0 Å². The molecule has 0 heteroatoms. The second-order valence-electron chi connectivity index (χ2n) is 4.59. The van der Waals surface area contributed by atoms with Crippen LogP contribution >= 0.6 is 0 Å². The molecule has 2 bridgehead atoms. The molecular weight excluding hydrogens is 156 g/mol. The van der Waals surface area contributed by atoms with E-state index in [1.165, 1.54) is 25.7 Å². The topological polar surface area (TPSA) is 0 Å². The smallest absolute Gasteiger partial charge is 0.00413 e. The molecule has 3 rings (SSSR count). The summed E-state index contributed by atoms with van der Waals surface area (Å²) in [5, 5.41) is 0. The molecule has 0 amide bonds. The minimum absolute atomic E-state index is 0.548. The lowest BCUT2D eigenvalue weighted by Gasteiger charge is -2.26. The fourth-order valence-electron chi connectivity index (χ4n) is 3.12. The van der Waals surface area contributed by atoms with E-state index in [-0.39, 0.29) is 0 Å². The molecule has 1 radical (unpaired) electrons. The molecule has 2 fully saturated rings. The summed E-state index contributed by atoms with van der Waals surface area (Å²) in [7, 11) is 0. The maximum Gasteiger partial charge on any atom is -0.00413 e. The highest BCUT2D eigenvalue weighted by molar-refractivity contribution is 5.30. The lowest BCUT2D eigenvalue weighted by molar-refractivity contribution is 0.458. The molecule has 2 aliphatic carbocycles. The quantitative estimate of drug-likeness (QED) is 0.608. The first kappa shape index (κ1) is 7.61. The van der Waals surface area contributed by atoms with Crippen LogP contribution in [0.1, 0.15) is 31.2 Å². The summed E-state index contributed by atoms with van der Waals surface area (Å²) in [5.41, 5.74) is 2.12. The summed E-state index contributed by atoms with van der Waals surface area (Å²) in [5.74, 6) is 0.931. The van der Waals surface area contributed by atoms with Gasteiger partial charge in [0.25, 0.3) is 0 Å². The maximum atomic E-state index is 2.54. The number of benzene rings is 1. The van der Waals surface area contributed by atoms with Crippen LogP contribution in [0.3, 0.4) is 0 Å². The number of hydrogen-bond acceptors (Lipinski definition) is 0. The molecule has 1 aromatic carbocycles. The average Bonchev–Trinajstić information content (AvgIpc) is 2.80. The van der Waals surface area contributed by atoms with Crippen molar-refractivity contribution in [3.63, 3.8) is 0 Å². The second kappa shape index (κ2) is 2.60. The Labute approximate surface area is 80.0 Å². The number of hydrogen-bond donors (Lipinski definition) is 0. The van der Waals surface area contributed by atoms with Crippen molar-refractivity contribution in [2.75, 3.05) is 0 Å². The van der Waals surface area contributed by atoms with Gasteiger partial charge in [0.15, 0.2) is 0 Å². The van der Waals surface area contributed by atoms with Gasteiger partial charge in [0.2, 0.25) is 0 Å². The largest absolute Gasteiger partial charge is 0.0622 e. The van der Waals surface area contributed by atoms with Crippen molar-refractivity contribution in [3.05, 3.63) is 42.3 Å². The zero-order chi connectivity index (χ0) is 8.73. The summed E-state index contributed by atoms with van der Waals surface area (Å²) in [6.45, 7) is 0. The van der Waals surface area contributed by atoms with Gasteiger partial charge in [-0.3, -0.25) is 0 Å². The summed E-state index contributed by atoms with van der Waals surface area (Å²) in [6.07, 6.45) is 8.11. The van der Waals surface area contributed by atoms with Crippen molar-refractivity contribution in [2.24, 2.45) is 5.92 Å². The third kappa shape index (κ3) is 1.04. The van der Waals surface area contributed by atoms with Gasteiger partial charge in [0.05, 0.1) is 0 Å². The molecule has 0 nitrogen and oxygen atoms in total. The highest BCUT2D eigenvalue weighted by Gasteiger charge is 2.45. The van der Waals surface area contributed by atoms with Crippen molar-refractivity contribution >= 4 is 0 Å². The first-order chi connectivity index (χ1) is 6.39. The highest BCUT2D eigenvalue weighted by Crippen LogP contribution is 2.54. The molecular formula is C13H15. The Morgan fingerprint density at radius 3 is 2.54 bits per heavy atom. The summed E-state index contributed by atoms with van der Waals surface area (Å²) in [4.78, 5) is 0. The minimum atomic E-state index is 0.548. The van der Waals surface area contributed by atoms with Gasteiger partial charge in [0.1, 0.15) is 0 Å². The standard InChI is InChI=1S/C13H15/c1-2-4-12(5-3-1)13-8-6-11(10-13)7-9-13/h1-6,11H,7-10H2. The summed E-state index contributed by atoms with van der Waals surface area (Å²) in [6, 6.07) is 11.1. The van der Waals surface area contributed by atoms with Crippen molar-refractivity contribution < 1.29 is 0 Å². The van der Waals surface area contributed by atoms with Crippen molar-refractivity contribution in [2.45, 2.75) is 31.1 Å². The van der Waals surface area contributed by atoms with Crippen LogP contribution in [0, 0.1) is 12.3 Å². The Kier molecular flexibility index (Phi) is 1.52. The lowest BCUT2D eigenvalue weighted by Crippen LogP contribution is -2.19. The summed E-state index contributed by atoms with van der Waals surface area (Å²) < 4.78 is 0. The van der Waals surface area contributed by atoms with Gasteiger partial charge in [-0.15, -0.1) is 0 Å². The molecule has 0 aromatic heterocycles. The van der Waals surface area contributed by atoms with Gasteiger partial charge >= 0.3 is 0 Å². The van der Waals surface area contributed by atoms with Gasteiger partial charge in [-0.05, 0) is 49.0 Å². The van der Waals surface area contributed by atoms with E-state index in [9.17, 15) is 0 Å². The molecule has 2 saturated carbocycles. The van der Waals surface area contributed by atoms with Gasteiger partial charge in [-0.1, -0.05) is 30.3 Å². The molecule has 0 N–H and O–H groups in total. The molecule has 2 aliphatic rings. The summed E-state index contributed by atoms with van der Waals surface area (Å²) >= 11 is 0. The van der Waals surface area contributed by atoms with Crippen molar-refractivity contribution in [1.29, 1.82) is 0 Å². The van der Waals surface area contributed by atoms with E-state index < -0.39 is 0 Å². The van der Waals surface area contributed by atoms with Crippen molar-refractivity contribution in [1.82, 2.24) is 0 Å². The van der Waals surface area contributed by atoms with Gasteiger partial charge in [-0.25, -0.2) is 0 Å². The van der Waals surface area contributed by atoms with E-state index in [1.807, 2.05) is 0 Å². The normalized spacial score (nSPS) is 36.8. The first-order valence-electron chi connectivity index (χ1n) is 5.28.